The van der Waals surface area contributed by atoms with Gasteiger partial charge in [-0.25, -0.2) is 4.79 Å². The lowest BCUT2D eigenvalue weighted by atomic mass is 9.84. The molecule has 1 saturated heterocycles. The van der Waals surface area contributed by atoms with E-state index in [9.17, 15) is 9.59 Å². The van der Waals surface area contributed by atoms with E-state index < -0.39 is 6.04 Å². The summed E-state index contributed by atoms with van der Waals surface area (Å²) in [5.74, 6) is 0.0584. The number of hydrogen-bond donors (Lipinski definition) is 0. The molecule has 1 aliphatic heterocycles. The van der Waals surface area contributed by atoms with Crippen molar-refractivity contribution in [1.82, 2.24) is 0 Å². The summed E-state index contributed by atoms with van der Waals surface area (Å²) >= 11 is 0. The van der Waals surface area contributed by atoms with Crippen molar-refractivity contribution in [2.24, 2.45) is 5.92 Å². The van der Waals surface area contributed by atoms with Gasteiger partial charge in [0.05, 0.1) is 19.6 Å². The van der Waals surface area contributed by atoms with Crippen molar-refractivity contribution >= 4 is 17.6 Å². The Labute approximate surface area is 118 Å². The molecule has 2 atom stereocenters. The van der Waals surface area contributed by atoms with Crippen LogP contribution in [0.25, 0.3) is 0 Å². The molecule has 1 aliphatic rings. The van der Waals surface area contributed by atoms with Crippen LogP contribution in [0.1, 0.15) is 20.3 Å². The van der Waals surface area contributed by atoms with E-state index in [-0.39, 0.29) is 17.8 Å². The van der Waals surface area contributed by atoms with Crippen LogP contribution < -0.4 is 9.64 Å². The number of benzene rings is 1. The Kier molecular flexibility index (Phi) is 4.27. The molecule has 5 nitrogen and oxygen atoms in total. The SMILES string of the molecule is CCOC(=O)[C@H]1[C@H](CC)C(=O)N1c1ccc(OC)cc1. The molecule has 0 spiro atoms. The van der Waals surface area contributed by atoms with Crippen LogP contribution in [0.2, 0.25) is 0 Å². The van der Waals surface area contributed by atoms with Crippen molar-refractivity contribution in [3.63, 3.8) is 0 Å². The average Bonchev–Trinajstić information content (AvgIpc) is 2.46. The van der Waals surface area contributed by atoms with Gasteiger partial charge in [0.2, 0.25) is 5.91 Å². The van der Waals surface area contributed by atoms with Crippen LogP contribution in [0.4, 0.5) is 5.69 Å². The summed E-state index contributed by atoms with van der Waals surface area (Å²) in [7, 11) is 1.58. The molecule has 1 aromatic carbocycles. The molecule has 1 aromatic rings. The molecule has 0 N–H and O–H groups in total. The highest BCUT2D eigenvalue weighted by atomic mass is 16.5. The highest BCUT2D eigenvalue weighted by molar-refractivity contribution is 6.10. The standard InChI is InChI=1S/C15H19NO4/c1-4-12-13(15(18)20-5-2)16(14(12)17)10-6-8-11(19-3)9-7-10/h6-9,12-13H,4-5H2,1-3H3/t12-,13+/m0/s1. The maximum atomic E-state index is 12.2. The molecular weight excluding hydrogens is 258 g/mol. The third-order valence-corrected chi connectivity index (χ3v) is 3.53. The van der Waals surface area contributed by atoms with Crippen LogP contribution in [-0.4, -0.2) is 31.6 Å². The number of anilines is 1. The number of hydrogen-bond acceptors (Lipinski definition) is 4. The van der Waals surface area contributed by atoms with Crippen LogP contribution in [0.5, 0.6) is 5.75 Å². The highest BCUT2D eigenvalue weighted by Crippen LogP contribution is 2.35. The fourth-order valence-electron chi connectivity index (χ4n) is 2.47. The predicted molar refractivity (Wildman–Crippen MR) is 74.7 cm³/mol. The Hall–Kier alpha value is -2.04. The van der Waals surface area contributed by atoms with Crippen LogP contribution in [0.15, 0.2) is 24.3 Å². The molecule has 20 heavy (non-hydrogen) atoms. The number of esters is 1. The van der Waals surface area contributed by atoms with Gasteiger partial charge in [-0.05, 0) is 37.6 Å². The van der Waals surface area contributed by atoms with Crippen molar-refractivity contribution in [3.05, 3.63) is 24.3 Å². The molecule has 0 bridgehead atoms. The van der Waals surface area contributed by atoms with Crippen molar-refractivity contribution in [3.8, 4) is 5.75 Å². The lowest BCUT2D eigenvalue weighted by Gasteiger charge is -2.45. The summed E-state index contributed by atoms with van der Waals surface area (Å²) in [5, 5.41) is 0. The Bertz CT molecular complexity index is 497. The lowest BCUT2D eigenvalue weighted by molar-refractivity contribution is -0.154. The molecule has 1 amide bonds. The second kappa shape index (κ2) is 5.94. The number of rotatable bonds is 5. The highest BCUT2D eigenvalue weighted by Gasteiger charge is 2.51. The van der Waals surface area contributed by atoms with Gasteiger partial charge in [-0.3, -0.25) is 9.69 Å². The van der Waals surface area contributed by atoms with Crippen LogP contribution in [0.3, 0.4) is 0 Å². The molecule has 2 rings (SSSR count). The largest absolute Gasteiger partial charge is 0.497 e. The smallest absolute Gasteiger partial charge is 0.330 e. The first-order chi connectivity index (χ1) is 9.63. The second-order valence-electron chi connectivity index (χ2n) is 4.62. The van der Waals surface area contributed by atoms with Gasteiger partial charge in [-0.2, -0.15) is 0 Å². The zero-order valence-corrected chi connectivity index (χ0v) is 12.0. The van der Waals surface area contributed by atoms with E-state index in [4.69, 9.17) is 9.47 Å². The van der Waals surface area contributed by atoms with E-state index >= 15 is 0 Å². The van der Waals surface area contributed by atoms with Crippen LogP contribution >= 0.6 is 0 Å². The van der Waals surface area contributed by atoms with Gasteiger partial charge in [-0.15, -0.1) is 0 Å². The van der Waals surface area contributed by atoms with Gasteiger partial charge < -0.3 is 9.47 Å². The van der Waals surface area contributed by atoms with Crippen molar-refractivity contribution < 1.29 is 19.1 Å². The third kappa shape index (κ3) is 2.35. The number of amides is 1. The normalized spacial score (nSPS) is 21.4. The Morgan fingerprint density at radius 2 is 1.90 bits per heavy atom. The van der Waals surface area contributed by atoms with Gasteiger partial charge in [0.1, 0.15) is 11.8 Å². The number of β-lactam (4-membered cyclic amide) rings is 1. The van der Waals surface area contributed by atoms with E-state index in [1.54, 1.807) is 38.3 Å². The number of carbonyl (C=O) groups excluding carboxylic acids is 2. The summed E-state index contributed by atoms with van der Waals surface area (Å²) in [6, 6.07) is 6.57. The third-order valence-electron chi connectivity index (χ3n) is 3.53. The van der Waals surface area contributed by atoms with Gasteiger partial charge in [0.25, 0.3) is 0 Å². The minimum Gasteiger partial charge on any atom is -0.497 e. The monoisotopic (exact) mass is 277 g/mol. The molecule has 0 saturated carbocycles. The fraction of sp³-hybridized carbons (Fsp3) is 0.467. The molecule has 0 aromatic heterocycles. The van der Waals surface area contributed by atoms with Gasteiger partial charge >= 0.3 is 5.97 Å². The molecular formula is C15H19NO4. The van der Waals surface area contributed by atoms with Crippen LogP contribution in [-0.2, 0) is 14.3 Å². The average molecular weight is 277 g/mol. The topological polar surface area (TPSA) is 55.8 Å². The number of ether oxygens (including phenoxy) is 2. The minimum atomic E-state index is -0.513. The van der Waals surface area contributed by atoms with E-state index in [0.29, 0.717) is 24.5 Å². The van der Waals surface area contributed by atoms with Crippen molar-refractivity contribution in [1.29, 1.82) is 0 Å². The number of nitrogens with zero attached hydrogens (tertiary/aromatic N) is 1. The predicted octanol–water partition coefficient (Wildman–Crippen LogP) is 2.00. The Morgan fingerprint density at radius 1 is 1.25 bits per heavy atom. The Morgan fingerprint density at radius 3 is 2.40 bits per heavy atom. The van der Waals surface area contributed by atoms with E-state index in [1.807, 2.05) is 6.92 Å². The second-order valence-corrected chi connectivity index (χ2v) is 4.62. The molecule has 0 aliphatic carbocycles. The molecule has 1 fully saturated rings. The quantitative estimate of drug-likeness (QED) is 0.610. The summed E-state index contributed by atoms with van der Waals surface area (Å²) in [6.07, 6.45) is 0.634. The zero-order chi connectivity index (χ0) is 14.7. The maximum absolute atomic E-state index is 12.2. The number of methoxy groups -OCH3 is 1. The first-order valence-electron chi connectivity index (χ1n) is 6.77. The van der Waals surface area contributed by atoms with Gasteiger partial charge in [-0.1, -0.05) is 6.92 Å². The summed E-state index contributed by atoms with van der Waals surface area (Å²) in [6.45, 7) is 3.98. The van der Waals surface area contributed by atoms with E-state index in [0.717, 1.165) is 0 Å². The van der Waals surface area contributed by atoms with Crippen LogP contribution in [0, 0.1) is 5.92 Å². The molecule has 0 unspecified atom stereocenters. The summed E-state index contributed by atoms with van der Waals surface area (Å²) < 4.78 is 10.2. The molecule has 1 heterocycles. The fourth-order valence-corrected chi connectivity index (χ4v) is 2.47. The summed E-state index contributed by atoms with van der Waals surface area (Å²) in [5.41, 5.74) is 0.693. The van der Waals surface area contributed by atoms with Crippen molar-refractivity contribution in [2.45, 2.75) is 26.3 Å². The molecule has 108 valence electrons. The molecule has 5 heteroatoms. The Balaban J connectivity index is 2.23. The minimum absolute atomic E-state index is 0.0317. The number of carbonyl (C=O) groups is 2. The first kappa shape index (κ1) is 14.4. The molecule has 0 radical (unpaired) electrons. The zero-order valence-electron chi connectivity index (χ0n) is 12.0. The lowest BCUT2D eigenvalue weighted by Crippen LogP contribution is -2.65. The first-order valence-corrected chi connectivity index (χ1v) is 6.77. The van der Waals surface area contributed by atoms with E-state index in [1.165, 1.54) is 4.90 Å². The summed E-state index contributed by atoms with van der Waals surface area (Å²) in [4.78, 5) is 25.7. The maximum Gasteiger partial charge on any atom is 0.330 e. The van der Waals surface area contributed by atoms with Gasteiger partial charge in [0.15, 0.2) is 0 Å². The van der Waals surface area contributed by atoms with Gasteiger partial charge in [0, 0.05) is 5.69 Å². The van der Waals surface area contributed by atoms with Crippen molar-refractivity contribution in [2.75, 3.05) is 18.6 Å². The van der Waals surface area contributed by atoms with E-state index in [2.05, 4.69) is 0 Å².